The van der Waals surface area contributed by atoms with Crippen LogP contribution in [-0.4, -0.2) is 50.0 Å². The van der Waals surface area contributed by atoms with Crippen LogP contribution in [0.1, 0.15) is 41.2 Å². The van der Waals surface area contributed by atoms with Gasteiger partial charge in [0.05, 0.1) is 18.7 Å². The van der Waals surface area contributed by atoms with E-state index in [4.69, 9.17) is 4.74 Å². The molecule has 8 heteroatoms. The molecule has 0 saturated carbocycles. The maximum Gasteiger partial charge on any atom is 0.254 e. The van der Waals surface area contributed by atoms with E-state index in [1.807, 2.05) is 24.3 Å². The molecule has 0 aliphatic carbocycles. The smallest absolute Gasteiger partial charge is 0.254 e. The standard InChI is InChI=1S/C23H27F2N3O3/c1-31-18-6-4-5-16(13-18)21(28-11-2-3-12-28)15-27-22(29)9-10-26-23(30)19-8-7-17(24)14-20(19)25/h4-8,13-14,21H,2-3,9-12,15H2,1H3,(H,26,30)(H,27,29). The van der Waals surface area contributed by atoms with E-state index in [0.29, 0.717) is 12.6 Å². The van der Waals surface area contributed by atoms with E-state index in [1.54, 1.807) is 7.11 Å². The van der Waals surface area contributed by atoms with Crippen LogP contribution in [-0.2, 0) is 4.79 Å². The average Bonchev–Trinajstić information content (AvgIpc) is 3.28. The number of nitrogens with one attached hydrogen (secondary N) is 2. The van der Waals surface area contributed by atoms with Crippen molar-refractivity contribution in [3.63, 3.8) is 0 Å². The number of benzene rings is 2. The van der Waals surface area contributed by atoms with Crippen LogP contribution in [0.2, 0.25) is 0 Å². The third-order valence-electron chi connectivity index (χ3n) is 5.37. The van der Waals surface area contributed by atoms with Gasteiger partial charge in [-0.3, -0.25) is 14.5 Å². The van der Waals surface area contributed by atoms with E-state index >= 15 is 0 Å². The van der Waals surface area contributed by atoms with E-state index < -0.39 is 17.5 Å². The van der Waals surface area contributed by atoms with Gasteiger partial charge < -0.3 is 15.4 Å². The van der Waals surface area contributed by atoms with Crippen molar-refractivity contribution in [2.24, 2.45) is 0 Å². The molecule has 6 nitrogen and oxygen atoms in total. The second-order valence-electron chi connectivity index (χ2n) is 7.47. The molecule has 0 bridgehead atoms. The molecule has 1 fully saturated rings. The van der Waals surface area contributed by atoms with Gasteiger partial charge >= 0.3 is 0 Å². The summed E-state index contributed by atoms with van der Waals surface area (Å²) >= 11 is 0. The van der Waals surface area contributed by atoms with Gasteiger partial charge in [0.25, 0.3) is 5.91 Å². The van der Waals surface area contributed by atoms with E-state index in [1.165, 1.54) is 0 Å². The van der Waals surface area contributed by atoms with Crippen molar-refractivity contribution < 1.29 is 23.1 Å². The summed E-state index contributed by atoms with van der Waals surface area (Å²) in [6, 6.07) is 10.6. The van der Waals surface area contributed by atoms with Gasteiger partial charge in [0.1, 0.15) is 17.4 Å². The van der Waals surface area contributed by atoms with E-state index in [0.717, 1.165) is 49.4 Å². The molecule has 0 spiro atoms. The number of ether oxygens (including phenoxy) is 1. The zero-order valence-electron chi connectivity index (χ0n) is 17.5. The molecule has 1 heterocycles. The van der Waals surface area contributed by atoms with Crippen LogP contribution in [0.5, 0.6) is 5.75 Å². The van der Waals surface area contributed by atoms with Gasteiger partial charge in [0, 0.05) is 25.6 Å². The van der Waals surface area contributed by atoms with Gasteiger partial charge in [-0.1, -0.05) is 12.1 Å². The largest absolute Gasteiger partial charge is 0.497 e. The molecule has 1 atom stereocenters. The number of hydrogen-bond acceptors (Lipinski definition) is 4. The third-order valence-corrected chi connectivity index (χ3v) is 5.37. The van der Waals surface area contributed by atoms with Crippen LogP contribution >= 0.6 is 0 Å². The number of rotatable bonds is 9. The Bertz CT molecular complexity index is 917. The van der Waals surface area contributed by atoms with Crippen molar-refractivity contribution in [2.45, 2.75) is 25.3 Å². The minimum Gasteiger partial charge on any atom is -0.497 e. The molecule has 2 aromatic rings. The Morgan fingerprint density at radius 3 is 2.58 bits per heavy atom. The summed E-state index contributed by atoms with van der Waals surface area (Å²) in [5, 5.41) is 5.42. The average molecular weight is 431 g/mol. The van der Waals surface area contributed by atoms with Crippen molar-refractivity contribution in [2.75, 3.05) is 33.3 Å². The summed E-state index contributed by atoms with van der Waals surface area (Å²) in [4.78, 5) is 26.7. The van der Waals surface area contributed by atoms with Crippen LogP contribution in [0.4, 0.5) is 8.78 Å². The topological polar surface area (TPSA) is 70.7 Å². The highest BCUT2D eigenvalue weighted by atomic mass is 19.1. The minimum absolute atomic E-state index is 0.0319. The van der Waals surface area contributed by atoms with Crippen molar-refractivity contribution in [1.82, 2.24) is 15.5 Å². The van der Waals surface area contributed by atoms with E-state index in [2.05, 4.69) is 15.5 Å². The Kier molecular flexibility index (Phi) is 7.94. The van der Waals surface area contributed by atoms with Gasteiger partial charge in [-0.2, -0.15) is 0 Å². The zero-order chi connectivity index (χ0) is 22.2. The number of hydrogen-bond donors (Lipinski definition) is 2. The Balaban J connectivity index is 1.51. The first-order valence-corrected chi connectivity index (χ1v) is 10.4. The number of likely N-dealkylation sites (tertiary alicyclic amines) is 1. The summed E-state index contributed by atoms with van der Waals surface area (Å²) in [5.74, 6) is -1.82. The molecule has 0 radical (unpaired) electrons. The first-order chi connectivity index (χ1) is 15.0. The third kappa shape index (κ3) is 6.24. The highest BCUT2D eigenvalue weighted by molar-refractivity contribution is 5.94. The Hall–Kier alpha value is -3.00. The zero-order valence-corrected chi connectivity index (χ0v) is 17.5. The highest BCUT2D eigenvalue weighted by Gasteiger charge is 2.24. The molecule has 1 saturated heterocycles. The summed E-state index contributed by atoms with van der Waals surface area (Å²) in [7, 11) is 1.62. The van der Waals surface area contributed by atoms with E-state index in [-0.39, 0.29) is 30.5 Å². The van der Waals surface area contributed by atoms with Gasteiger partial charge in [0.2, 0.25) is 5.91 Å². The van der Waals surface area contributed by atoms with Gasteiger partial charge in [-0.05, 0) is 55.8 Å². The first-order valence-electron chi connectivity index (χ1n) is 10.4. The molecule has 31 heavy (non-hydrogen) atoms. The lowest BCUT2D eigenvalue weighted by atomic mass is 10.0. The van der Waals surface area contributed by atoms with Gasteiger partial charge in [-0.25, -0.2) is 8.78 Å². The molecule has 2 amide bonds. The molecular formula is C23H27F2N3O3. The molecule has 3 rings (SSSR count). The second-order valence-corrected chi connectivity index (χ2v) is 7.47. The molecule has 0 aromatic heterocycles. The fourth-order valence-corrected chi connectivity index (χ4v) is 3.72. The monoisotopic (exact) mass is 431 g/mol. The lowest BCUT2D eigenvalue weighted by Crippen LogP contribution is -2.38. The lowest BCUT2D eigenvalue weighted by Gasteiger charge is -2.28. The first kappa shape index (κ1) is 22.7. The summed E-state index contributed by atoms with van der Waals surface area (Å²) < 4.78 is 32.0. The van der Waals surface area contributed by atoms with Gasteiger partial charge in [0.15, 0.2) is 0 Å². The molecule has 166 valence electrons. The Morgan fingerprint density at radius 2 is 1.87 bits per heavy atom. The number of amides is 2. The van der Waals surface area contributed by atoms with Crippen LogP contribution < -0.4 is 15.4 Å². The second kappa shape index (κ2) is 10.9. The minimum atomic E-state index is -0.936. The molecule has 2 N–H and O–H groups in total. The lowest BCUT2D eigenvalue weighted by molar-refractivity contribution is -0.121. The Labute approximate surface area is 180 Å². The number of carbonyl (C=O) groups is 2. The van der Waals surface area contributed by atoms with Crippen LogP contribution in [0, 0.1) is 11.6 Å². The number of nitrogens with zero attached hydrogens (tertiary/aromatic N) is 1. The quantitative estimate of drug-likeness (QED) is 0.640. The van der Waals surface area contributed by atoms with Crippen LogP contribution in [0.15, 0.2) is 42.5 Å². The van der Waals surface area contributed by atoms with Crippen molar-refractivity contribution >= 4 is 11.8 Å². The van der Waals surface area contributed by atoms with Crippen molar-refractivity contribution in [3.8, 4) is 5.75 Å². The summed E-state index contributed by atoms with van der Waals surface area (Å²) in [6.45, 7) is 2.43. The summed E-state index contributed by atoms with van der Waals surface area (Å²) in [5.41, 5.74) is 0.815. The summed E-state index contributed by atoms with van der Waals surface area (Å²) in [6.07, 6.45) is 2.31. The fourth-order valence-electron chi connectivity index (χ4n) is 3.72. The predicted molar refractivity (Wildman–Crippen MR) is 113 cm³/mol. The highest BCUT2D eigenvalue weighted by Crippen LogP contribution is 2.27. The van der Waals surface area contributed by atoms with Crippen molar-refractivity contribution in [3.05, 3.63) is 65.2 Å². The fraction of sp³-hybridized carbons (Fsp3) is 0.391. The Morgan fingerprint density at radius 1 is 1.10 bits per heavy atom. The maximum atomic E-state index is 13.7. The predicted octanol–water partition coefficient (Wildman–Crippen LogP) is 3.05. The molecular weight excluding hydrogens is 404 g/mol. The van der Waals surface area contributed by atoms with E-state index in [9.17, 15) is 18.4 Å². The SMILES string of the molecule is COc1cccc(C(CNC(=O)CCNC(=O)c2ccc(F)cc2F)N2CCCC2)c1. The van der Waals surface area contributed by atoms with Crippen molar-refractivity contribution in [1.29, 1.82) is 0 Å². The number of halogens is 2. The molecule has 2 aromatic carbocycles. The number of methoxy groups -OCH3 is 1. The van der Waals surface area contributed by atoms with Gasteiger partial charge in [-0.15, -0.1) is 0 Å². The number of carbonyl (C=O) groups excluding carboxylic acids is 2. The van der Waals surface area contributed by atoms with Crippen LogP contribution in [0.3, 0.4) is 0 Å². The normalized spacial score (nSPS) is 14.8. The molecule has 1 unspecified atom stereocenters. The van der Waals surface area contributed by atoms with Crippen LogP contribution in [0.25, 0.3) is 0 Å². The maximum absolute atomic E-state index is 13.7. The molecule has 1 aliphatic heterocycles. The molecule has 1 aliphatic rings.